The molecule has 0 atom stereocenters. The van der Waals surface area contributed by atoms with Crippen molar-refractivity contribution in [3.05, 3.63) is 29.2 Å². The van der Waals surface area contributed by atoms with Crippen LogP contribution in [0.4, 0.5) is 0 Å². The molecule has 66 valence electrons. The van der Waals surface area contributed by atoms with Gasteiger partial charge in [0, 0.05) is 5.88 Å². The Kier molecular flexibility index (Phi) is 3.42. The van der Waals surface area contributed by atoms with Gasteiger partial charge >= 0.3 is 0 Å². The lowest BCUT2D eigenvalue weighted by Crippen LogP contribution is -1.82. The lowest BCUT2D eigenvalue weighted by Gasteiger charge is -1.96. The highest BCUT2D eigenvalue weighted by Crippen LogP contribution is 2.15. The average molecular weight is 185 g/mol. The summed E-state index contributed by atoms with van der Waals surface area (Å²) in [5, 5.41) is 0. The first-order valence-corrected chi connectivity index (χ1v) is 4.61. The third-order valence-electron chi connectivity index (χ3n) is 1.86. The first-order valence-electron chi connectivity index (χ1n) is 4.07. The second-order valence-corrected chi connectivity index (χ2v) is 3.02. The fourth-order valence-electron chi connectivity index (χ4n) is 0.953. The summed E-state index contributed by atoms with van der Waals surface area (Å²) >= 11 is 5.73. The summed E-state index contributed by atoms with van der Waals surface area (Å²) in [5.41, 5.74) is 2.36. The minimum atomic E-state index is 0.580. The Hall–Kier alpha value is -0.690. The molecule has 2 heteroatoms. The van der Waals surface area contributed by atoms with Crippen LogP contribution in [0.2, 0.25) is 0 Å². The van der Waals surface area contributed by atoms with Gasteiger partial charge in [0.2, 0.25) is 0 Å². The van der Waals surface area contributed by atoms with Gasteiger partial charge in [0.05, 0.1) is 6.26 Å². The van der Waals surface area contributed by atoms with Gasteiger partial charge in [-0.25, -0.2) is 0 Å². The van der Waals surface area contributed by atoms with Crippen LogP contribution in [-0.2, 0) is 0 Å². The molecule has 0 aliphatic rings. The van der Waals surface area contributed by atoms with Crippen molar-refractivity contribution in [2.75, 3.05) is 5.88 Å². The fraction of sp³-hybridized carbons (Fsp3) is 0.400. The normalized spacial score (nSPS) is 12.1. The molecular weight excluding hydrogens is 172 g/mol. The molecule has 0 aliphatic heterocycles. The number of hydrogen-bond donors (Lipinski definition) is 0. The van der Waals surface area contributed by atoms with Crippen LogP contribution in [0.15, 0.2) is 22.3 Å². The van der Waals surface area contributed by atoms with Crippen LogP contribution in [0.25, 0.3) is 6.08 Å². The van der Waals surface area contributed by atoms with E-state index in [1.165, 1.54) is 5.57 Å². The molecule has 0 N–H and O–H groups in total. The summed E-state index contributed by atoms with van der Waals surface area (Å²) in [7, 11) is 0. The van der Waals surface area contributed by atoms with Crippen molar-refractivity contribution in [2.45, 2.75) is 20.3 Å². The molecule has 0 unspecified atom stereocenters. The van der Waals surface area contributed by atoms with E-state index in [0.717, 1.165) is 17.7 Å². The Morgan fingerprint density at radius 1 is 1.67 bits per heavy atom. The van der Waals surface area contributed by atoms with Crippen molar-refractivity contribution < 1.29 is 4.42 Å². The van der Waals surface area contributed by atoms with Gasteiger partial charge in [-0.3, -0.25) is 0 Å². The van der Waals surface area contributed by atoms with Crippen LogP contribution in [-0.4, -0.2) is 5.88 Å². The van der Waals surface area contributed by atoms with E-state index >= 15 is 0 Å². The van der Waals surface area contributed by atoms with E-state index in [-0.39, 0.29) is 0 Å². The molecule has 0 bridgehead atoms. The highest BCUT2D eigenvalue weighted by Gasteiger charge is 1.99. The van der Waals surface area contributed by atoms with Gasteiger partial charge in [0.1, 0.15) is 5.76 Å². The number of halogens is 1. The number of furan rings is 1. The maximum Gasteiger partial charge on any atom is 0.129 e. The van der Waals surface area contributed by atoms with Gasteiger partial charge in [-0.1, -0.05) is 12.5 Å². The fourth-order valence-corrected chi connectivity index (χ4v) is 1.22. The second kappa shape index (κ2) is 4.36. The van der Waals surface area contributed by atoms with E-state index in [1.807, 2.05) is 19.1 Å². The molecule has 1 nitrogen and oxygen atoms in total. The summed E-state index contributed by atoms with van der Waals surface area (Å²) in [6, 6.07) is 1.95. The van der Waals surface area contributed by atoms with Crippen LogP contribution < -0.4 is 0 Å². The molecule has 0 amide bonds. The van der Waals surface area contributed by atoms with E-state index in [0.29, 0.717) is 5.88 Å². The minimum Gasteiger partial charge on any atom is -0.465 e. The SMILES string of the molecule is CC/C(=C/c1occc1C)CCl. The van der Waals surface area contributed by atoms with Crippen LogP contribution in [0.5, 0.6) is 0 Å². The zero-order chi connectivity index (χ0) is 8.97. The molecule has 0 aromatic carbocycles. The third kappa shape index (κ3) is 2.15. The molecule has 0 radical (unpaired) electrons. The molecule has 1 rings (SSSR count). The van der Waals surface area contributed by atoms with Crippen molar-refractivity contribution in [1.29, 1.82) is 0 Å². The molecular formula is C10H13ClO. The van der Waals surface area contributed by atoms with E-state index < -0.39 is 0 Å². The number of alkyl halides is 1. The molecule has 0 saturated carbocycles. The molecule has 0 fully saturated rings. The molecule has 1 aromatic heterocycles. The standard InChI is InChI=1S/C10H13ClO/c1-3-9(7-11)6-10-8(2)4-5-12-10/h4-6H,3,7H2,1-2H3/b9-6-. The Labute approximate surface area is 78.0 Å². The Morgan fingerprint density at radius 2 is 2.42 bits per heavy atom. The highest BCUT2D eigenvalue weighted by molar-refractivity contribution is 6.19. The van der Waals surface area contributed by atoms with Crippen LogP contribution in [0, 0.1) is 6.92 Å². The smallest absolute Gasteiger partial charge is 0.129 e. The van der Waals surface area contributed by atoms with Crippen LogP contribution in [0.1, 0.15) is 24.7 Å². The van der Waals surface area contributed by atoms with Gasteiger partial charge in [-0.15, -0.1) is 11.6 Å². The van der Waals surface area contributed by atoms with Crippen LogP contribution in [0.3, 0.4) is 0 Å². The van der Waals surface area contributed by atoms with E-state index in [9.17, 15) is 0 Å². The quantitative estimate of drug-likeness (QED) is 0.654. The topological polar surface area (TPSA) is 13.1 Å². The van der Waals surface area contributed by atoms with Gasteiger partial charge < -0.3 is 4.42 Å². The maximum atomic E-state index is 5.73. The molecule has 12 heavy (non-hydrogen) atoms. The Bertz CT molecular complexity index is 267. The van der Waals surface area contributed by atoms with E-state index in [1.54, 1.807) is 6.26 Å². The lowest BCUT2D eigenvalue weighted by atomic mass is 10.1. The van der Waals surface area contributed by atoms with Crippen molar-refractivity contribution in [3.8, 4) is 0 Å². The summed E-state index contributed by atoms with van der Waals surface area (Å²) < 4.78 is 5.26. The predicted octanol–water partition coefficient (Wildman–Crippen LogP) is 3.62. The van der Waals surface area contributed by atoms with E-state index in [2.05, 4.69) is 6.92 Å². The Balaban J connectivity index is 2.85. The monoisotopic (exact) mass is 184 g/mol. The zero-order valence-electron chi connectivity index (χ0n) is 7.43. The Morgan fingerprint density at radius 3 is 2.83 bits per heavy atom. The molecule has 1 heterocycles. The van der Waals surface area contributed by atoms with Crippen molar-refractivity contribution in [1.82, 2.24) is 0 Å². The average Bonchev–Trinajstić information content (AvgIpc) is 2.47. The summed E-state index contributed by atoms with van der Waals surface area (Å²) in [6.45, 7) is 4.11. The van der Waals surface area contributed by atoms with Gasteiger partial charge in [-0.05, 0) is 31.1 Å². The highest BCUT2D eigenvalue weighted by atomic mass is 35.5. The van der Waals surface area contributed by atoms with Crippen molar-refractivity contribution in [3.63, 3.8) is 0 Å². The summed E-state index contributed by atoms with van der Waals surface area (Å²) in [4.78, 5) is 0. The number of rotatable bonds is 3. The van der Waals surface area contributed by atoms with Crippen molar-refractivity contribution in [2.24, 2.45) is 0 Å². The zero-order valence-corrected chi connectivity index (χ0v) is 8.19. The molecule has 0 saturated heterocycles. The van der Waals surface area contributed by atoms with Gasteiger partial charge in [-0.2, -0.15) is 0 Å². The lowest BCUT2D eigenvalue weighted by molar-refractivity contribution is 0.554. The largest absolute Gasteiger partial charge is 0.465 e. The predicted molar refractivity (Wildman–Crippen MR) is 52.4 cm³/mol. The molecule has 0 aliphatic carbocycles. The summed E-state index contributed by atoms with van der Waals surface area (Å²) in [5.74, 6) is 1.50. The minimum absolute atomic E-state index is 0.580. The maximum absolute atomic E-state index is 5.73. The van der Waals surface area contributed by atoms with Crippen LogP contribution >= 0.6 is 11.6 Å². The second-order valence-electron chi connectivity index (χ2n) is 2.76. The van der Waals surface area contributed by atoms with Crippen molar-refractivity contribution >= 4 is 17.7 Å². The molecule has 0 spiro atoms. The number of hydrogen-bond acceptors (Lipinski definition) is 1. The van der Waals surface area contributed by atoms with Gasteiger partial charge in [0.15, 0.2) is 0 Å². The first kappa shape index (κ1) is 9.40. The summed E-state index contributed by atoms with van der Waals surface area (Å²) in [6.07, 6.45) is 4.69. The molecule has 1 aromatic rings. The number of allylic oxidation sites excluding steroid dienone is 1. The number of aryl methyl sites for hydroxylation is 1. The first-order chi connectivity index (χ1) is 5.77. The third-order valence-corrected chi connectivity index (χ3v) is 2.21. The van der Waals surface area contributed by atoms with Gasteiger partial charge in [0.25, 0.3) is 0 Å². The van der Waals surface area contributed by atoms with E-state index in [4.69, 9.17) is 16.0 Å².